The smallest absolute Gasteiger partial charge is 0.150 e. The summed E-state index contributed by atoms with van der Waals surface area (Å²) in [6.45, 7) is 1.97. The number of fused-ring (bicyclic) bond motifs is 1. The Hall–Kier alpha value is -2.82. The summed E-state index contributed by atoms with van der Waals surface area (Å²) in [5, 5.41) is 0. The van der Waals surface area contributed by atoms with Crippen LogP contribution in [-0.4, -0.2) is 22.8 Å². The van der Waals surface area contributed by atoms with Crippen LogP contribution in [0.25, 0.3) is 22.3 Å². The van der Waals surface area contributed by atoms with Crippen LogP contribution in [0.3, 0.4) is 0 Å². The van der Waals surface area contributed by atoms with Crippen LogP contribution in [0.5, 0.6) is 0 Å². The van der Waals surface area contributed by atoms with Crippen LogP contribution in [0.15, 0.2) is 53.8 Å². The lowest BCUT2D eigenvalue weighted by Gasteiger charge is -2.07. The van der Waals surface area contributed by atoms with E-state index in [4.69, 9.17) is 0 Å². The van der Waals surface area contributed by atoms with E-state index in [0.717, 1.165) is 28.2 Å². The van der Waals surface area contributed by atoms with E-state index in [9.17, 15) is 8.78 Å². The standard InChI is InChI=1S/C18H15F2N3/c1-12(7-8-21-2)13-3-5-16-18(9-13)23(11-22-16)17-6-4-14(19)10-15(17)20/h3-11H,1-2H3/b12-7+,21-8-. The molecule has 5 heteroatoms. The van der Waals surface area contributed by atoms with Gasteiger partial charge in [-0.25, -0.2) is 13.8 Å². The topological polar surface area (TPSA) is 30.2 Å². The van der Waals surface area contributed by atoms with Crippen LogP contribution in [0.4, 0.5) is 8.78 Å². The average Bonchev–Trinajstić information content (AvgIpc) is 2.95. The van der Waals surface area contributed by atoms with E-state index in [1.54, 1.807) is 17.8 Å². The third-order valence-corrected chi connectivity index (χ3v) is 3.65. The van der Waals surface area contributed by atoms with E-state index >= 15 is 0 Å². The third-order valence-electron chi connectivity index (χ3n) is 3.65. The molecule has 3 nitrogen and oxygen atoms in total. The van der Waals surface area contributed by atoms with Crippen molar-refractivity contribution in [2.45, 2.75) is 6.92 Å². The Labute approximate surface area is 132 Å². The van der Waals surface area contributed by atoms with Gasteiger partial charge in [0.05, 0.1) is 16.7 Å². The summed E-state index contributed by atoms with van der Waals surface area (Å²) in [5.41, 5.74) is 3.79. The highest BCUT2D eigenvalue weighted by Crippen LogP contribution is 2.24. The van der Waals surface area contributed by atoms with Crippen molar-refractivity contribution >= 4 is 22.8 Å². The highest BCUT2D eigenvalue weighted by molar-refractivity contribution is 5.87. The Morgan fingerprint density at radius 3 is 2.74 bits per heavy atom. The van der Waals surface area contributed by atoms with Gasteiger partial charge in [-0.1, -0.05) is 6.07 Å². The van der Waals surface area contributed by atoms with Gasteiger partial charge in [-0.2, -0.15) is 0 Å². The first-order chi connectivity index (χ1) is 11.1. The highest BCUT2D eigenvalue weighted by atomic mass is 19.1. The fraction of sp³-hybridized carbons (Fsp3) is 0.111. The van der Waals surface area contributed by atoms with Gasteiger partial charge in [0, 0.05) is 19.3 Å². The largest absolute Gasteiger partial charge is 0.297 e. The Bertz CT molecular complexity index is 923. The first-order valence-corrected chi connectivity index (χ1v) is 7.12. The van der Waals surface area contributed by atoms with Gasteiger partial charge in [-0.15, -0.1) is 0 Å². The zero-order chi connectivity index (χ0) is 16.4. The van der Waals surface area contributed by atoms with Gasteiger partial charge in [-0.05, 0) is 48.4 Å². The number of benzene rings is 2. The SMILES string of the molecule is C/N=C\C=C(/C)c1ccc2ncn(-c3ccc(F)cc3F)c2c1. The van der Waals surface area contributed by atoms with E-state index < -0.39 is 11.6 Å². The predicted octanol–water partition coefficient (Wildman–Crippen LogP) is 4.41. The van der Waals surface area contributed by atoms with E-state index in [1.807, 2.05) is 31.2 Å². The van der Waals surface area contributed by atoms with Crippen LogP contribution in [0.1, 0.15) is 12.5 Å². The second-order valence-corrected chi connectivity index (χ2v) is 5.17. The highest BCUT2D eigenvalue weighted by Gasteiger charge is 2.11. The van der Waals surface area contributed by atoms with Crippen LogP contribution in [-0.2, 0) is 0 Å². The van der Waals surface area contributed by atoms with Crippen molar-refractivity contribution in [2.75, 3.05) is 7.05 Å². The second kappa shape index (κ2) is 6.12. The van der Waals surface area contributed by atoms with Crippen molar-refractivity contribution in [3.63, 3.8) is 0 Å². The summed E-state index contributed by atoms with van der Waals surface area (Å²) in [4.78, 5) is 8.21. The van der Waals surface area contributed by atoms with Crippen molar-refractivity contribution < 1.29 is 8.78 Å². The van der Waals surface area contributed by atoms with Crippen molar-refractivity contribution in [1.29, 1.82) is 0 Å². The summed E-state index contributed by atoms with van der Waals surface area (Å²) in [5.74, 6) is -1.23. The fourth-order valence-electron chi connectivity index (χ4n) is 2.40. The number of nitrogens with zero attached hydrogens (tertiary/aromatic N) is 3. The number of rotatable bonds is 3. The van der Waals surface area contributed by atoms with Crippen molar-refractivity contribution in [2.24, 2.45) is 4.99 Å². The molecule has 116 valence electrons. The maximum atomic E-state index is 14.0. The molecule has 0 aliphatic heterocycles. The molecule has 1 aromatic heterocycles. The maximum absolute atomic E-state index is 14.0. The molecule has 0 unspecified atom stereocenters. The molecule has 0 N–H and O–H groups in total. The molecule has 2 aromatic carbocycles. The van der Waals surface area contributed by atoms with Crippen LogP contribution < -0.4 is 0 Å². The zero-order valence-corrected chi connectivity index (χ0v) is 12.8. The van der Waals surface area contributed by atoms with Gasteiger partial charge in [-0.3, -0.25) is 9.56 Å². The average molecular weight is 311 g/mol. The molecule has 0 radical (unpaired) electrons. The molecular formula is C18H15F2N3. The van der Waals surface area contributed by atoms with Crippen molar-refractivity contribution in [3.05, 3.63) is 66.0 Å². The van der Waals surface area contributed by atoms with Crippen LogP contribution in [0, 0.1) is 11.6 Å². The maximum Gasteiger partial charge on any atom is 0.150 e. The number of allylic oxidation sites excluding steroid dienone is 2. The molecule has 0 bridgehead atoms. The molecule has 0 aliphatic carbocycles. The summed E-state index contributed by atoms with van der Waals surface area (Å²) in [6.07, 6.45) is 5.16. The summed E-state index contributed by atoms with van der Waals surface area (Å²) < 4.78 is 28.8. The Balaban J connectivity index is 2.15. The Morgan fingerprint density at radius 1 is 1.17 bits per heavy atom. The predicted molar refractivity (Wildman–Crippen MR) is 89.1 cm³/mol. The molecule has 0 fully saturated rings. The molecular weight excluding hydrogens is 296 g/mol. The molecule has 1 heterocycles. The first kappa shape index (κ1) is 15.1. The number of hydrogen-bond donors (Lipinski definition) is 0. The number of imidazole rings is 1. The van der Waals surface area contributed by atoms with Gasteiger partial charge in [0.2, 0.25) is 0 Å². The lowest BCUT2D eigenvalue weighted by molar-refractivity contribution is 0.578. The van der Waals surface area contributed by atoms with Gasteiger partial charge in [0.1, 0.15) is 18.0 Å². The number of hydrogen-bond acceptors (Lipinski definition) is 2. The fourth-order valence-corrected chi connectivity index (χ4v) is 2.40. The Morgan fingerprint density at radius 2 is 2.00 bits per heavy atom. The van der Waals surface area contributed by atoms with E-state index in [2.05, 4.69) is 9.98 Å². The lowest BCUT2D eigenvalue weighted by Crippen LogP contribution is -1.97. The molecule has 0 amide bonds. The molecule has 0 aliphatic rings. The summed E-state index contributed by atoms with van der Waals surface area (Å²) in [7, 11) is 1.71. The number of aliphatic imine (C=N–C) groups is 1. The van der Waals surface area contributed by atoms with Crippen LogP contribution in [0.2, 0.25) is 0 Å². The number of aromatic nitrogens is 2. The Kier molecular flexibility index (Phi) is 4.02. The van der Waals surface area contributed by atoms with E-state index in [1.165, 1.54) is 18.5 Å². The molecule has 3 rings (SSSR count). The van der Waals surface area contributed by atoms with Crippen LogP contribution >= 0.6 is 0 Å². The summed E-state index contributed by atoms with van der Waals surface area (Å²) >= 11 is 0. The third kappa shape index (κ3) is 2.90. The molecule has 23 heavy (non-hydrogen) atoms. The van der Waals surface area contributed by atoms with Gasteiger partial charge in [0.25, 0.3) is 0 Å². The van der Waals surface area contributed by atoms with E-state index in [0.29, 0.717) is 0 Å². The number of halogens is 2. The zero-order valence-electron chi connectivity index (χ0n) is 12.8. The van der Waals surface area contributed by atoms with Crippen molar-refractivity contribution in [3.8, 4) is 5.69 Å². The minimum absolute atomic E-state index is 0.266. The van der Waals surface area contributed by atoms with Gasteiger partial charge >= 0.3 is 0 Å². The molecule has 0 saturated heterocycles. The monoisotopic (exact) mass is 311 g/mol. The lowest BCUT2D eigenvalue weighted by atomic mass is 10.1. The normalized spacial score (nSPS) is 12.4. The molecule has 0 saturated carbocycles. The van der Waals surface area contributed by atoms with Gasteiger partial charge < -0.3 is 0 Å². The summed E-state index contributed by atoms with van der Waals surface area (Å²) in [6, 6.07) is 9.27. The molecule has 0 atom stereocenters. The van der Waals surface area contributed by atoms with Crippen molar-refractivity contribution in [1.82, 2.24) is 9.55 Å². The second-order valence-electron chi connectivity index (χ2n) is 5.17. The first-order valence-electron chi connectivity index (χ1n) is 7.12. The molecule has 3 aromatic rings. The quantitative estimate of drug-likeness (QED) is 0.659. The van der Waals surface area contributed by atoms with Gasteiger partial charge in [0.15, 0.2) is 0 Å². The minimum atomic E-state index is -0.625. The molecule has 0 spiro atoms. The minimum Gasteiger partial charge on any atom is -0.297 e. The van der Waals surface area contributed by atoms with E-state index in [-0.39, 0.29) is 5.69 Å².